The first kappa shape index (κ1) is 14.9. The lowest BCUT2D eigenvalue weighted by Gasteiger charge is -2.08. The van der Waals surface area contributed by atoms with Crippen LogP contribution in [0.25, 0.3) is 0 Å². The molecule has 16 heavy (non-hydrogen) atoms. The summed E-state index contributed by atoms with van der Waals surface area (Å²) in [7, 11) is 1.43. The third kappa shape index (κ3) is 2.72. The molecule has 0 radical (unpaired) electrons. The Labute approximate surface area is 92.5 Å². The Morgan fingerprint density at radius 3 is 1.56 bits per heavy atom. The van der Waals surface area contributed by atoms with Crippen molar-refractivity contribution in [2.24, 2.45) is 0 Å². The molecule has 0 bridgehead atoms. The molecular weight excluding hydrogens is 222 g/mol. The lowest BCUT2D eigenvalue weighted by Crippen LogP contribution is -2.13. The van der Waals surface area contributed by atoms with Gasteiger partial charge in [0.15, 0.2) is 23.3 Å². The van der Waals surface area contributed by atoms with Gasteiger partial charge < -0.3 is 5.32 Å². The van der Waals surface area contributed by atoms with Gasteiger partial charge in [0.05, 0.1) is 0 Å². The molecule has 0 amide bonds. The van der Waals surface area contributed by atoms with Crippen LogP contribution in [0.15, 0.2) is 0 Å². The first-order chi connectivity index (χ1) is 7.50. The lowest BCUT2D eigenvalue weighted by molar-refractivity contribution is 0.427. The Bertz CT molecular complexity index is 334. The third-order valence-electron chi connectivity index (χ3n) is 1.93. The van der Waals surface area contributed by atoms with Gasteiger partial charge in [0.1, 0.15) is 0 Å². The minimum atomic E-state index is -1.34. The molecule has 1 rings (SSSR count). The van der Waals surface area contributed by atoms with E-state index in [4.69, 9.17) is 0 Å². The summed E-state index contributed by atoms with van der Waals surface area (Å²) in [5.41, 5.74) is -1.26. The highest BCUT2D eigenvalue weighted by Gasteiger charge is 2.21. The molecular formula is C11H15F4N. The summed E-state index contributed by atoms with van der Waals surface area (Å²) in [5.74, 6) is -5.35. The second-order valence-corrected chi connectivity index (χ2v) is 2.89. The van der Waals surface area contributed by atoms with Gasteiger partial charge in [-0.15, -0.1) is 0 Å². The fourth-order valence-electron chi connectivity index (χ4n) is 1.12. The monoisotopic (exact) mass is 237 g/mol. The summed E-state index contributed by atoms with van der Waals surface area (Å²) in [6, 6.07) is 0. The predicted molar refractivity (Wildman–Crippen MR) is 55.1 cm³/mol. The van der Waals surface area contributed by atoms with Gasteiger partial charge in [-0.25, -0.2) is 17.6 Å². The quantitative estimate of drug-likeness (QED) is 0.614. The van der Waals surface area contributed by atoms with Crippen LogP contribution < -0.4 is 5.32 Å². The Kier molecular flexibility index (Phi) is 6.03. The molecule has 0 unspecified atom stereocenters. The van der Waals surface area contributed by atoms with Gasteiger partial charge in [-0.2, -0.15) is 0 Å². The minimum absolute atomic E-state index is 0.258. The van der Waals surface area contributed by atoms with E-state index in [0.717, 1.165) is 6.92 Å². The van der Waals surface area contributed by atoms with Crippen LogP contribution in [0, 0.1) is 30.2 Å². The maximum absolute atomic E-state index is 13.1. The van der Waals surface area contributed by atoms with Crippen molar-refractivity contribution < 1.29 is 17.6 Å². The summed E-state index contributed by atoms with van der Waals surface area (Å²) >= 11 is 0. The summed E-state index contributed by atoms with van der Waals surface area (Å²) in [4.78, 5) is 0. The summed E-state index contributed by atoms with van der Waals surface area (Å²) < 4.78 is 52.0. The molecule has 5 heteroatoms. The Morgan fingerprint density at radius 2 is 1.25 bits per heavy atom. The van der Waals surface area contributed by atoms with E-state index in [1.165, 1.54) is 7.05 Å². The van der Waals surface area contributed by atoms with Crippen LogP contribution in [0.1, 0.15) is 25.0 Å². The van der Waals surface area contributed by atoms with Crippen molar-refractivity contribution in [2.45, 2.75) is 27.3 Å². The maximum Gasteiger partial charge on any atom is 0.166 e. The molecule has 0 aliphatic carbocycles. The van der Waals surface area contributed by atoms with E-state index in [9.17, 15) is 17.6 Å². The Morgan fingerprint density at radius 1 is 0.875 bits per heavy atom. The van der Waals surface area contributed by atoms with Gasteiger partial charge in [-0.05, 0) is 14.0 Å². The highest BCUT2D eigenvalue weighted by atomic mass is 19.2. The van der Waals surface area contributed by atoms with Crippen molar-refractivity contribution in [3.63, 3.8) is 0 Å². The van der Waals surface area contributed by atoms with E-state index in [-0.39, 0.29) is 6.54 Å². The number of benzene rings is 1. The molecule has 1 nitrogen and oxygen atoms in total. The molecule has 0 aliphatic heterocycles. The molecule has 0 heterocycles. The molecule has 1 aromatic rings. The van der Waals surface area contributed by atoms with Gasteiger partial charge in [-0.3, -0.25) is 0 Å². The van der Waals surface area contributed by atoms with Crippen LogP contribution in [0.2, 0.25) is 0 Å². The number of rotatable bonds is 2. The third-order valence-corrected chi connectivity index (χ3v) is 1.93. The molecule has 1 aromatic carbocycles. The highest BCUT2D eigenvalue weighted by Crippen LogP contribution is 2.23. The van der Waals surface area contributed by atoms with E-state index in [1.54, 1.807) is 0 Å². The fourth-order valence-corrected chi connectivity index (χ4v) is 1.12. The van der Waals surface area contributed by atoms with Crippen LogP contribution in [0.4, 0.5) is 17.6 Å². The first-order valence-corrected chi connectivity index (χ1v) is 4.96. The van der Waals surface area contributed by atoms with E-state index in [0.29, 0.717) is 0 Å². The van der Waals surface area contributed by atoms with Crippen LogP contribution >= 0.6 is 0 Å². The predicted octanol–water partition coefficient (Wildman–Crippen LogP) is 3.30. The number of hydrogen-bond donors (Lipinski definition) is 1. The number of hydrogen-bond acceptors (Lipinski definition) is 1. The van der Waals surface area contributed by atoms with Crippen LogP contribution in [0.3, 0.4) is 0 Å². The molecule has 0 atom stereocenters. The molecule has 92 valence electrons. The van der Waals surface area contributed by atoms with Crippen LogP contribution in [-0.2, 0) is 6.54 Å². The largest absolute Gasteiger partial charge is 0.315 e. The fraction of sp³-hybridized carbons (Fsp3) is 0.455. The van der Waals surface area contributed by atoms with Crippen LogP contribution in [-0.4, -0.2) is 7.05 Å². The normalized spacial score (nSPS) is 9.75. The molecule has 0 saturated heterocycles. The topological polar surface area (TPSA) is 12.0 Å². The first-order valence-electron chi connectivity index (χ1n) is 4.96. The molecule has 0 saturated carbocycles. The van der Waals surface area contributed by atoms with Gasteiger partial charge in [0.25, 0.3) is 0 Å². The maximum atomic E-state index is 13.1. The zero-order valence-electron chi connectivity index (χ0n) is 9.72. The molecule has 0 fully saturated rings. The summed E-state index contributed by atoms with van der Waals surface area (Å²) in [6.07, 6.45) is 0. The zero-order chi connectivity index (χ0) is 12.9. The Hall–Kier alpha value is -1.10. The van der Waals surface area contributed by atoms with Crippen molar-refractivity contribution >= 4 is 0 Å². The van der Waals surface area contributed by atoms with Crippen molar-refractivity contribution in [1.29, 1.82) is 0 Å². The average molecular weight is 237 g/mol. The molecule has 1 N–H and O–H groups in total. The van der Waals surface area contributed by atoms with Gasteiger partial charge in [0.2, 0.25) is 0 Å². The highest BCUT2D eigenvalue weighted by molar-refractivity contribution is 5.28. The van der Waals surface area contributed by atoms with E-state index >= 15 is 0 Å². The summed E-state index contributed by atoms with van der Waals surface area (Å²) in [5, 5.41) is 2.43. The number of nitrogens with one attached hydrogen (secondary N) is 1. The second kappa shape index (κ2) is 6.48. The molecule has 0 aliphatic rings. The van der Waals surface area contributed by atoms with E-state index < -0.39 is 34.4 Å². The Balaban J connectivity index is 0.00000106. The second-order valence-electron chi connectivity index (χ2n) is 2.89. The van der Waals surface area contributed by atoms with Gasteiger partial charge in [-0.1, -0.05) is 13.8 Å². The van der Waals surface area contributed by atoms with Crippen LogP contribution in [0.5, 0.6) is 0 Å². The van der Waals surface area contributed by atoms with Crippen molar-refractivity contribution in [2.75, 3.05) is 7.05 Å². The number of halogens is 4. The van der Waals surface area contributed by atoms with E-state index in [1.807, 2.05) is 13.8 Å². The zero-order valence-corrected chi connectivity index (χ0v) is 9.72. The van der Waals surface area contributed by atoms with Gasteiger partial charge >= 0.3 is 0 Å². The van der Waals surface area contributed by atoms with E-state index in [2.05, 4.69) is 5.32 Å². The average Bonchev–Trinajstić information content (AvgIpc) is 2.32. The summed E-state index contributed by atoms with van der Waals surface area (Å²) in [6.45, 7) is 4.73. The standard InChI is InChI=1S/C9H9F4N.C2H6/c1-4-6(10)8(12)5(3-14-2)9(13)7(4)11;1-2/h14H,3H2,1-2H3;1-2H3. The smallest absolute Gasteiger partial charge is 0.166 e. The molecule has 0 spiro atoms. The van der Waals surface area contributed by atoms with Crippen molar-refractivity contribution in [1.82, 2.24) is 5.32 Å². The van der Waals surface area contributed by atoms with Gasteiger partial charge in [0, 0.05) is 17.7 Å². The molecule has 0 aromatic heterocycles. The lowest BCUT2D eigenvalue weighted by atomic mass is 10.1. The SMILES string of the molecule is CC.CNCc1c(F)c(F)c(C)c(F)c1F. The minimum Gasteiger partial charge on any atom is -0.315 e. The van der Waals surface area contributed by atoms with Crippen molar-refractivity contribution in [3.05, 3.63) is 34.4 Å². The van der Waals surface area contributed by atoms with Crippen molar-refractivity contribution in [3.8, 4) is 0 Å².